The maximum Gasteiger partial charge on any atom is -0.00369 e. The summed E-state index contributed by atoms with van der Waals surface area (Å²) in [5, 5.41) is 3.29. The molecule has 0 aromatic heterocycles. The predicted molar refractivity (Wildman–Crippen MR) is 54.9 cm³/mol. The fourth-order valence-electron chi connectivity index (χ4n) is 0.746. The SMILES string of the molecule is NCCCCNCCCN.[N-]=[N+]=[N-]. The molecule has 0 heterocycles. The highest BCUT2D eigenvalue weighted by atomic mass is 15.0. The van der Waals surface area contributed by atoms with Gasteiger partial charge in [-0.05, 0) is 45.4 Å². The van der Waals surface area contributed by atoms with Gasteiger partial charge >= 0.3 is 0 Å². The number of rotatable bonds is 7. The third kappa shape index (κ3) is 24.7. The molecule has 0 aromatic rings. The van der Waals surface area contributed by atoms with Crippen LogP contribution in [0.5, 0.6) is 0 Å². The Bertz CT molecular complexity index is 102. The lowest BCUT2D eigenvalue weighted by atomic mass is 10.3. The summed E-state index contributed by atoms with van der Waals surface area (Å²) in [4.78, 5) is 1.50. The summed E-state index contributed by atoms with van der Waals surface area (Å²) in [6.07, 6.45) is 3.37. The van der Waals surface area contributed by atoms with Crippen molar-refractivity contribution in [2.24, 2.45) is 11.5 Å². The standard InChI is InChI=1S/C7H19N3.N3/c8-4-1-2-6-10-7-3-5-9;1-3-2/h10H,1-9H2;/q;-1. The molecule has 0 atom stereocenters. The molecular formula is C7H19N6-. The van der Waals surface area contributed by atoms with Gasteiger partial charge in [0.15, 0.2) is 0 Å². The molecule has 0 fully saturated rings. The second-order valence-corrected chi connectivity index (χ2v) is 2.48. The van der Waals surface area contributed by atoms with E-state index < -0.39 is 0 Å². The number of hydrogen-bond acceptors (Lipinski definition) is 3. The highest BCUT2D eigenvalue weighted by Gasteiger charge is 1.85. The van der Waals surface area contributed by atoms with Crippen LogP contribution in [0.3, 0.4) is 0 Å². The van der Waals surface area contributed by atoms with Gasteiger partial charge in [-0.25, -0.2) is 0 Å². The van der Waals surface area contributed by atoms with Gasteiger partial charge in [0.2, 0.25) is 0 Å². The zero-order valence-corrected chi connectivity index (χ0v) is 7.95. The summed E-state index contributed by atoms with van der Waals surface area (Å²) in [7, 11) is 0. The highest BCUT2D eigenvalue weighted by Crippen LogP contribution is 1.81. The lowest BCUT2D eigenvalue weighted by Crippen LogP contribution is -2.19. The molecule has 0 saturated heterocycles. The van der Waals surface area contributed by atoms with Crippen molar-refractivity contribution in [2.75, 3.05) is 26.2 Å². The Hall–Kier alpha value is -0.810. The minimum absolute atomic E-state index is 0.782. The van der Waals surface area contributed by atoms with Crippen LogP contribution in [0.4, 0.5) is 0 Å². The Balaban J connectivity index is 0. The molecule has 13 heavy (non-hydrogen) atoms. The van der Waals surface area contributed by atoms with E-state index in [0.29, 0.717) is 0 Å². The zero-order valence-electron chi connectivity index (χ0n) is 7.95. The quantitative estimate of drug-likeness (QED) is 0.233. The molecular weight excluding hydrogens is 168 g/mol. The van der Waals surface area contributed by atoms with Crippen molar-refractivity contribution in [3.8, 4) is 0 Å². The maximum atomic E-state index is 6.75. The second kappa shape index (κ2) is 17.3. The van der Waals surface area contributed by atoms with Gasteiger partial charge in [-0.3, -0.25) is 4.91 Å². The second-order valence-electron chi connectivity index (χ2n) is 2.48. The molecule has 0 amide bonds. The van der Waals surface area contributed by atoms with Gasteiger partial charge in [0, 0.05) is 0 Å². The number of nitrogens with one attached hydrogen (secondary N) is 1. The van der Waals surface area contributed by atoms with Crippen LogP contribution in [0.15, 0.2) is 0 Å². The van der Waals surface area contributed by atoms with Gasteiger partial charge in [0.1, 0.15) is 0 Å². The van der Waals surface area contributed by atoms with Gasteiger partial charge in [-0.15, -0.1) is 0 Å². The van der Waals surface area contributed by atoms with Crippen LogP contribution in [-0.4, -0.2) is 26.2 Å². The lowest BCUT2D eigenvalue weighted by Gasteiger charge is -2.01. The first kappa shape index (κ1) is 14.7. The van der Waals surface area contributed by atoms with Gasteiger partial charge < -0.3 is 27.8 Å². The first-order chi connectivity index (χ1) is 6.33. The molecule has 78 valence electrons. The van der Waals surface area contributed by atoms with Crippen LogP contribution < -0.4 is 16.8 Å². The predicted octanol–water partition coefficient (Wildman–Crippen LogP) is 0.530. The largest absolute Gasteiger partial charge is 0.373 e. The van der Waals surface area contributed by atoms with Crippen molar-refractivity contribution in [1.29, 1.82) is 0 Å². The molecule has 0 aliphatic carbocycles. The molecule has 6 heteroatoms. The number of nitrogens with two attached hydrogens (primary N) is 2. The van der Waals surface area contributed by atoms with Crippen molar-refractivity contribution in [2.45, 2.75) is 19.3 Å². The Kier molecular flexibility index (Phi) is 19.6. The molecule has 6 nitrogen and oxygen atoms in total. The van der Waals surface area contributed by atoms with E-state index >= 15 is 0 Å². The molecule has 5 N–H and O–H groups in total. The van der Waals surface area contributed by atoms with Crippen LogP contribution in [-0.2, 0) is 0 Å². The third-order valence-electron chi connectivity index (χ3n) is 1.37. The highest BCUT2D eigenvalue weighted by molar-refractivity contribution is 4.49. The van der Waals surface area contributed by atoms with Crippen molar-refractivity contribution < 1.29 is 0 Å². The molecule has 0 aromatic carbocycles. The Morgan fingerprint density at radius 3 is 1.85 bits per heavy atom. The number of hydrogen-bond donors (Lipinski definition) is 3. The van der Waals surface area contributed by atoms with E-state index in [1.807, 2.05) is 0 Å². The first-order valence-electron chi connectivity index (χ1n) is 4.42. The van der Waals surface area contributed by atoms with Crippen LogP contribution >= 0.6 is 0 Å². The molecule has 0 aliphatic rings. The van der Waals surface area contributed by atoms with Crippen LogP contribution in [0.1, 0.15) is 19.3 Å². The van der Waals surface area contributed by atoms with Crippen LogP contribution in [0.2, 0.25) is 0 Å². The molecule has 0 bridgehead atoms. The Labute approximate surface area is 79.1 Å². The molecule has 0 aliphatic heterocycles. The summed E-state index contributed by atoms with van der Waals surface area (Å²) in [6.45, 7) is 3.71. The van der Waals surface area contributed by atoms with Crippen LogP contribution in [0, 0.1) is 0 Å². The summed E-state index contributed by atoms with van der Waals surface area (Å²) >= 11 is 0. The smallest absolute Gasteiger partial charge is 0.00369 e. The van der Waals surface area contributed by atoms with Crippen molar-refractivity contribution in [3.63, 3.8) is 0 Å². The van der Waals surface area contributed by atoms with Crippen molar-refractivity contribution in [1.82, 2.24) is 5.32 Å². The molecule has 0 unspecified atom stereocenters. The first-order valence-corrected chi connectivity index (χ1v) is 4.42. The van der Waals surface area contributed by atoms with E-state index in [1.54, 1.807) is 0 Å². The molecule has 0 rings (SSSR count). The van der Waals surface area contributed by atoms with Crippen LogP contribution in [0.25, 0.3) is 16.0 Å². The van der Waals surface area contributed by atoms with E-state index in [0.717, 1.165) is 39.0 Å². The summed E-state index contributed by atoms with van der Waals surface area (Å²) in [6, 6.07) is 0. The average molecular weight is 187 g/mol. The summed E-state index contributed by atoms with van der Waals surface area (Å²) in [5.41, 5.74) is 24.1. The molecule has 0 radical (unpaired) electrons. The minimum atomic E-state index is 0.782. The van der Waals surface area contributed by atoms with E-state index in [2.05, 4.69) is 5.32 Å². The fraction of sp³-hybridized carbons (Fsp3) is 1.00. The number of unbranched alkanes of at least 4 members (excludes halogenated alkanes) is 1. The number of nitrogens with zero attached hydrogens (tertiary/aromatic N) is 3. The summed E-state index contributed by atoms with van der Waals surface area (Å²) in [5.74, 6) is 0. The van der Waals surface area contributed by atoms with E-state index in [4.69, 9.17) is 22.5 Å². The monoisotopic (exact) mass is 187 g/mol. The lowest BCUT2D eigenvalue weighted by molar-refractivity contribution is 0.611. The Morgan fingerprint density at radius 1 is 0.923 bits per heavy atom. The van der Waals surface area contributed by atoms with E-state index in [1.165, 1.54) is 11.3 Å². The summed E-state index contributed by atoms with van der Waals surface area (Å²) < 4.78 is 0. The normalized spacial score (nSPS) is 8.46. The van der Waals surface area contributed by atoms with Crippen molar-refractivity contribution >= 4 is 0 Å². The Morgan fingerprint density at radius 2 is 1.38 bits per heavy atom. The topological polar surface area (TPSA) is 123 Å². The third-order valence-corrected chi connectivity index (χ3v) is 1.37. The minimum Gasteiger partial charge on any atom is -0.373 e. The van der Waals surface area contributed by atoms with Gasteiger partial charge in [0.05, 0.1) is 0 Å². The fourth-order valence-corrected chi connectivity index (χ4v) is 0.746. The van der Waals surface area contributed by atoms with Crippen molar-refractivity contribution in [3.05, 3.63) is 16.0 Å². The average Bonchev–Trinajstić information content (AvgIpc) is 2.13. The van der Waals surface area contributed by atoms with Gasteiger partial charge in [-0.1, -0.05) is 0 Å². The maximum absolute atomic E-state index is 6.75. The zero-order chi connectivity index (χ0) is 10.4. The van der Waals surface area contributed by atoms with Gasteiger partial charge in [0.25, 0.3) is 0 Å². The van der Waals surface area contributed by atoms with E-state index in [-0.39, 0.29) is 0 Å². The van der Waals surface area contributed by atoms with E-state index in [9.17, 15) is 0 Å². The molecule has 0 saturated carbocycles. The van der Waals surface area contributed by atoms with Gasteiger partial charge in [-0.2, -0.15) is 0 Å². The molecule has 0 spiro atoms.